The summed E-state index contributed by atoms with van der Waals surface area (Å²) in [6.45, 7) is 8.40. The average Bonchev–Trinajstić information content (AvgIpc) is 3.12. The van der Waals surface area contributed by atoms with Crippen LogP contribution in [-0.4, -0.2) is 32.5 Å². The Balaban J connectivity index is 1.61. The normalized spacial score (nSPS) is 15.7. The molecule has 7 heteroatoms. The summed E-state index contributed by atoms with van der Waals surface area (Å²) in [4.78, 5) is 12.3. The van der Waals surface area contributed by atoms with Crippen LogP contribution in [0.2, 0.25) is 0 Å². The summed E-state index contributed by atoms with van der Waals surface area (Å²) in [7, 11) is 0. The minimum absolute atomic E-state index is 0.0561. The fraction of sp³-hybridized carbons (Fsp3) is 0.500. The second kappa shape index (κ2) is 10.5. The molecule has 1 unspecified atom stereocenters. The maximum atomic E-state index is 12.3. The topological polar surface area (TPSA) is 69.0 Å². The molecule has 2 aromatic rings. The molecule has 1 atom stereocenters. The van der Waals surface area contributed by atoms with Gasteiger partial charge in [0.05, 0.1) is 5.75 Å². The second-order valence-electron chi connectivity index (χ2n) is 7.50. The molecule has 1 heterocycles. The first-order valence-corrected chi connectivity index (χ1v) is 11.2. The number of nitrogens with zero attached hydrogens (tertiary/aromatic N) is 3. The lowest BCUT2D eigenvalue weighted by molar-refractivity contribution is -0.119. The molecular formula is C22H30N4O2S. The summed E-state index contributed by atoms with van der Waals surface area (Å²) in [6.07, 6.45) is 7.38. The maximum absolute atomic E-state index is 12.3. The summed E-state index contributed by atoms with van der Waals surface area (Å²) in [5.74, 6) is 1.90. The van der Waals surface area contributed by atoms with Gasteiger partial charge >= 0.3 is 0 Å². The zero-order valence-corrected chi connectivity index (χ0v) is 18.1. The van der Waals surface area contributed by atoms with Gasteiger partial charge in [0.25, 0.3) is 0 Å². The van der Waals surface area contributed by atoms with Crippen molar-refractivity contribution < 1.29 is 9.53 Å². The van der Waals surface area contributed by atoms with Crippen molar-refractivity contribution in [1.29, 1.82) is 0 Å². The highest BCUT2D eigenvalue weighted by molar-refractivity contribution is 7.99. The number of carbonyl (C=O) groups is 1. The molecule has 0 saturated heterocycles. The Hall–Kier alpha value is -2.28. The standard InChI is InChI=1S/C22H30N4O2S/c1-4-14-26-21(17(3)28-19-12-10-16(2)11-13-19)24-25-22(26)29-15-20(27)23-18-8-6-5-7-9-18/h4,10-13,17-18H,1,5-9,14-15H2,2-3H3,(H,23,27). The molecule has 1 N–H and O–H groups in total. The average molecular weight is 415 g/mol. The molecule has 1 aliphatic carbocycles. The maximum Gasteiger partial charge on any atom is 0.230 e. The SMILES string of the molecule is C=CCn1c(SCC(=O)NC2CCCCC2)nnc1C(C)Oc1ccc(C)cc1. The van der Waals surface area contributed by atoms with Gasteiger partial charge in [0, 0.05) is 12.6 Å². The summed E-state index contributed by atoms with van der Waals surface area (Å²) in [5.41, 5.74) is 1.19. The highest BCUT2D eigenvalue weighted by Gasteiger charge is 2.21. The first-order chi connectivity index (χ1) is 14.1. The van der Waals surface area contributed by atoms with Gasteiger partial charge in [-0.05, 0) is 38.8 Å². The van der Waals surface area contributed by atoms with Gasteiger partial charge in [-0.25, -0.2) is 0 Å². The van der Waals surface area contributed by atoms with Crippen molar-refractivity contribution in [2.75, 3.05) is 5.75 Å². The third kappa shape index (κ3) is 6.10. The van der Waals surface area contributed by atoms with Crippen molar-refractivity contribution in [3.8, 4) is 5.75 Å². The number of benzene rings is 1. The van der Waals surface area contributed by atoms with Crippen molar-refractivity contribution in [3.05, 3.63) is 48.3 Å². The molecular weight excluding hydrogens is 384 g/mol. The highest BCUT2D eigenvalue weighted by atomic mass is 32.2. The Morgan fingerprint density at radius 2 is 2.03 bits per heavy atom. The van der Waals surface area contributed by atoms with Crippen molar-refractivity contribution in [2.24, 2.45) is 0 Å². The molecule has 1 aromatic carbocycles. The van der Waals surface area contributed by atoms with Crippen LogP contribution in [0, 0.1) is 6.92 Å². The molecule has 0 radical (unpaired) electrons. The molecule has 1 amide bonds. The van der Waals surface area contributed by atoms with E-state index in [4.69, 9.17) is 4.74 Å². The lowest BCUT2D eigenvalue weighted by Crippen LogP contribution is -2.37. The molecule has 29 heavy (non-hydrogen) atoms. The van der Waals surface area contributed by atoms with Gasteiger partial charge in [-0.15, -0.1) is 16.8 Å². The Morgan fingerprint density at radius 3 is 2.72 bits per heavy atom. The van der Waals surface area contributed by atoms with E-state index in [0.717, 1.165) is 24.4 Å². The number of thioether (sulfide) groups is 1. The van der Waals surface area contributed by atoms with Gasteiger partial charge in [0.15, 0.2) is 17.1 Å². The van der Waals surface area contributed by atoms with E-state index in [1.807, 2.05) is 42.7 Å². The molecule has 6 nitrogen and oxygen atoms in total. The Morgan fingerprint density at radius 1 is 1.31 bits per heavy atom. The van der Waals surface area contributed by atoms with E-state index in [-0.39, 0.29) is 12.0 Å². The summed E-state index contributed by atoms with van der Waals surface area (Å²) < 4.78 is 8.00. The second-order valence-corrected chi connectivity index (χ2v) is 8.45. The summed E-state index contributed by atoms with van der Waals surface area (Å²) >= 11 is 1.40. The molecule has 1 aliphatic rings. The van der Waals surface area contributed by atoms with E-state index in [9.17, 15) is 4.79 Å². The van der Waals surface area contributed by atoms with Crippen LogP contribution in [-0.2, 0) is 11.3 Å². The van der Waals surface area contributed by atoms with Crippen LogP contribution in [0.5, 0.6) is 5.75 Å². The third-order valence-electron chi connectivity index (χ3n) is 5.06. The monoisotopic (exact) mass is 414 g/mol. The fourth-order valence-corrected chi connectivity index (χ4v) is 4.29. The van der Waals surface area contributed by atoms with Gasteiger partial charge in [-0.1, -0.05) is 54.8 Å². The van der Waals surface area contributed by atoms with Crippen molar-refractivity contribution in [3.63, 3.8) is 0 Å². The summed E-state index contributed by atoms with van der Waals surface area (Å²) in [6, 6.07) is 8.25. The van der Waals surface area contributed by atoms with Crippen LogP contribution in [0.1, 0.15) is 56.5 Å². The molecule has 0 aliphatic heterocycles. The van der Waals surface area contributed by atoms with Crippen LogP contribution < -0.4 is 10.1 Å². The van der Waals surface area contributed by atoms with E-state index in [1.165, 1.54) is 36.6 Å². The molecule has 156 valence electrons. The quantitative estimate of drug-likeness (QED) is 0.485. The molecule has 0 bridgehead atoms. The predicted molar refractivity (Wildman–Crippen MR) is 116 cm³/mol. The van der Waals surface area contributed by atoms with Crippen LogP contribution >= 0.6 is 11.8 Å². The number of aromatic nitrogens is 3. The lowest BCUT2D eigenvalue weighted by Gasteiger charge is -2.22. The van der Waals surface area contributed by atoms with Gasteiger partial charge in [0.2, 0.25) is 5.91 Å². The first kappa shape index (κ1) is 21.4. The van der Waals surface area contributed by atoms with Gasteiger partial charge < -0.3 is 10.1 Å². The van der Waals surface area contributed by atoms with E-state index in [2.05, 4.69) is 22.1 Å². The van der Waals surface area contributed by atoms with Crippen molar-refractivity contribution in [1.82, 2.24) is 20.1 Å². The fourth-order valence-electron chi connectivity index (χ4n) is 3.53. The minimum Gasteiger partial charge on any atom is -0.483 e. The molecule has 1 saturated carbocycles. The van der Waals surface area contributed by atoms with E-state index >= 15 is 0 Å². The zero-order valence-electron chi connectivity index (χ0n) is 17.3. The number of nitrogens with one attached hydrogen (secondary N) is 1. The number of hydrogen-bond acceptors (Lipinski definition) is 5. The molecule has 1 fully saturated rings. The Labute approximate surface area is 177 Å². The molecule has 0 spiro atoms. The van der Waals surface area contributed by atoms with E-state index in [1.54, 1.807) is 6.08 Å². The van der Waals surface area contributed by atoms with Gasteiger partial charge in [-0.3, -0.25) is 9.36 Å². The smallest absolute Gasteiger partial charge is 0.230 e. The number of amides is 1. The highest BCUT2D eigenvalue weighted by Crippen LogP contribution is 2.25. The van der Waals surface area contributed by atoms with E-state index < -0.39 is 0 Å². The van der Waals surface area contributed by atoms with Crippen molar-refractivity contribution in [2.45, 2.75) is 69.8 Å². The number of rotatable bonds is 9. The third-order valence-corrected chi connectivity index (χ3v) is 6.02. The predicted octanol–water partition coefficient (Wildman–Crippen LogP) is 4.45. The largest absolute Gasteiger partial charge is 0.483 e. The van der Waals surface area contributed by atoms with Gasteiger partial charge in [-0.2, -0.15) is 0 Å². The lowest BCUT2D eigenvalue weighted by atomic mass is 9.95. The van der Waals surface area contributed by atoms with Crippen LogP contribution in [0.25, 0.3) is 0 Å². The molecule has 1 aromatic heterocycles. The zero-order chi connectivity index (χ0) is 20.6. The Bertz CT molecular complexity index is 813. The van der Waals surface area contributed by atoms with Crippen LogP contribution in [0.4, 0.5) is 0 Å². The number of aryl methyl sites for hydroxylation is 1. The van der Waals surface area contributed by atoms with Gasteiger partial charge in [0.1, 0.15) is 5.75 Å². The Kier molecular flexibility index (Phi) is 7.75. The number of hydrogen-bond donors (Lipinski definition) is 1. The van der Waals surface area contributed by atoms with Crippen molar-refractivity contribution >= 4 is 17.7 Å². The minimum atomic E-state index is -0.268. The number of carbonyl (C=O) groups excluding carboxylic acids is 1. The van der Waals surface area contributed by atoms with E-state index in [0.29, 0.717) is 23.5 Å². The van der Waals surface area contributed by atoms with Crippen LogP contribution in [0.15, 0.2) is 42.1 Å². The molecule has 3 rings (SSSR count). The first-order valence-electron chi connectivity index (χ1n) is 10.3. The summed E-state index contributed by atoms with van der Waals surface area (Å²) in [5, 5.41) is 12.5. The number of ether oxygens (including phenoxy) is 1. The van der Waals surface area contributed by atoms with Crippen LogP contribution in [0.3, 0.4) is 0 Å². The number of allylic oxidation sites excluding steroid dienone is 1.